The zero-order valence-electron chi connectivity index (χ0n) is 11.2. The number of amides is 1. The van der Waals surface area contributed by atoms with Crippen molar-refractivity contribution in [2.24, 2.45) is 0 Å². The lowest BCUT2D eigenvalue weighted by molar-refractivity contribution is 0.0950. The van der Waals surface area contributed by atoms with Crippen molar-refractivity contribution in [1.82, 2.24) is 5.32 Å². The van der Waals surface area contributed by atoms with Crippen LogP contribution in [0.25, 0.3) is 0 Å². The fraction of sp³-hybridized carbons (Fsp3) is 0.188. The van der Waals surface area contributed by atoms with Crippen LogP contribution in [0, 0.1) is 6.92 Å². The molecule has 0 saturated carbocycles. The number of hydrogen-bond donors (Lipinski definition) is 2. The second-order valence-electron chi connectivity index (χ2n) is 4.62. The highest BCUT2D eigenvalue weighted by Gasteiger charge is 2.08. The van der Waals surface area contributed by atoms with Gasteiger partial charge in [0.15, 0.2) is 0 Å². The van der Waals surface area contributed by atoms with Crippen LogP contribution >= 0.6 is 11.6 Å². The third-order valence-corrected chi connectivity index (χ3v) is 3.33. The molecule has 0 fully saturated rings. The van der Waals surface area contributed by atoms with Crippen LogP contribution in [0.5, 0.6) is 0 Å². The Hall–Kier alpha value is -1.84. The Kier molecular flexibility index (Phi) is 4.77. The molecule has 0 atom stereocenters. The maximum atomic E-state index is 12.1. The Bertz CT molecular complexity index is 608. The molecular weight excluding hydrogens is 274 g/mol. The van der Waals surface area contributed by atoms with E-state index >= 15 is 0 Å². The molecule has 0 aliphatic carbocycles. The molecule has 4 heteroatoms. The quantitative estimate of drug-likeness (QED) is 0.909. The highest BCUT2D eigenvalue weighted by molar-refractivity contribution is 6.30. The summed E-state index contributed by atoms with van der Waals surface area (Å²) in [7, 11) is 0. The van der Waals surface area contributed by atoms with Crippen LogP contribution in [-0.4, -0.2) is 11.0 Å². The van der Waals surface area contributed by atoms with Gasteiger partial charge in [-0.25, -0.2) is 0 Å². The molecule has 20 heavy (non-hydrogen) atoms. The van der Waals surface area contributed by atoms with Crippen molar-refractivity contribution in [3.05, 3.63) is 69.7 Å². The zero-order chi connectivity index (χ0) is 14.5. The van der Waals surface area contributed by atoms with Crippen molar-refractivity contribution >= 4 is 17.5 Å². The summed E-state index contributed by atoms with van der Waals surface area (Å²) in [6, 6.07) is 12.7. The predicted molar refractivity (Wildman–Crippen MR) is 79.7 cm³/mol. The average molecular weight is 290 g/mol. The van der Waals surface area contributed by atoms with Crippen molar-refractivity contribution in [2.45, 2.75) is 20.1 Å². The lowest BCUT2D eigenvalue weighted by atomic mass is 10.1. The summed E-state index contributed by atoms with van der Waals surface area (Å²) in [6.07, 6.45) is 0. The van der Waals surface area contributed by atoms with Crippen LogP contribution in [0.3, 0.4) is 0 Å². The number of carbonyl (C=O) groups is 1. The van der Waals surface area contributed by atoms with E-state index in [9.17, 15) is 4.79 Å². The van der Waals surface area contributed by atoms with E-state index in [2.05, 4.69) is 5.32 Å². The summed E-state index contributed by atoms with van der Waals surface area (Å²) in [5, 5.41) is 12.5. The van der Waals surface area contributed by atoms with Gasteiger partial charge in [-0.2, -0.15) is 0 Å². The molecule has 0 heterocycles. The molecule has 0 bridgehead atoms. The molecule has 1 amide bonds. The van der Waals surface area contributed by atoms with Crippen molar-refractivity contribution in [3.8, 4) is 0 Å². The smallest absolute Gasteiger partial charge is 0.251 e. The number of carbonyl (C=O) groups excluding carboxylic acids is 1. The van der Waals surface area contributed by atoms with Gasteiger partial charge in [0.2, 0.25) is 0 Å². The molecule has 2 N–H and O–H groups in total. The molecule has 0 aliphatic heterocycles. The topological polar surface area (TPSA) is 49.3 Å². The maximum absolute atomic E-state index is 12.1. The lowest BCUT2D eigenvalue weighted by Crippen LogP contribution is -2.23. The molecule has 2 aromatic carbocycles. The minimum absolute atomic E-state index is 0.0244. The number of hydrogen-bond acceptors (Lipinski definition) is 2. The van der Waals surface area contributed by atoms with Crippen LogP contribution in [0.2, 0.25) is 5.02 Å². The Labute approximate surface area is 123 Å². The first-order valence-corrected chi connectivity index (χ1v) is 6.71. The molecule has 0 aliphatic rings. The maximum Gasteiger partial charge on any atom is 0.251 e. The van der Waals surface area contributed by atoms with Gasteiger partial charge < -0.3 is 10.4 Å². The summed E-state index contributed by atoms with van der Waals surface area (Å²) in [4.78, 5) is 12.1. The molecule has 0 unspecified atom stereocenters. The average Bonchev–Trinajstić information content (AvgIpc) is 2.45. The van der Waals surface area contributed by atoms with E-state index in [1.165, 1.54) is 0 Å². The van der Waals surface area contributed by atoms with E-state index in [4.69, 9.17) is 16.7 Å². The molecule has 0 aromatic heterocycles. The highest BCUT2D eigenvalue weighted by Crippen LogP contribution is 2.15. The number of aliphatic hydroxyl groups is 1. The monoisotopic (exact) mass is 289 g/mol. The number of aryl methyl sites for hydroxylation is 1. The Balaban J connectivity index is 2.00. The summed E-state index contributed by atoms with van der Waals surface area (Å²) in [5.41, 5.74) is 3.32. The van der Waals surface area contributed by atoms with Crippen molar-refractivity contribution in [2.75, 3.05) is 0 Å². The third-order valence-electron chi connectivity index (χ3n) is 3.09. The second kappa shape index (κ2) is 6.55. The second-order valence-corrected chi connectivity index (χ2v) is 5.05. The van der Waals surface area contributed by atoms with Crippen molar-refractivity contribution in [3.63, 3.8) is 0 Å². The number of aliphatic hydroxyl groups excluding tert-OH is 1. The molecule has 104 valence electrons. The molecule has 0 saturated heterocycles. The van der Waals surface area contributed by atoms with Gasteiger partial charge in [0, 0.05) is 17.1 Å². The summed E-state index contributed by atoms with van der Waals surface area (Å²) in [6.45, 7) is 2.33. The van der Waals surface area contributed by atoms with Gasteiger partial charge in [-0.05, 0) is 41.8 Å². The van der Waals surface area contributed by atoms with Crippen molar-refractivity contribution in [1.29, 1.82) is 0 Å². The fourth-order valence-corrected chi connectivity index (χ4v) is 2.15. The number of rotatable bonds is 4. The molecule has 0 radical (unpaired) electrons. The predicted octanol–water partition coefficient (Wildman–Crippen LogP) is 3.07. The van der Waals surface area contributed by atoms with Crippen LogP contribution in [0.1, 0.15) is 27.0 Å². The van der Waals surface area contributed by atoms with E-state index in [-0.39, 0.29) is 12.5 Å². The van der Waals surface area contributed by atoms with E-state index in [0.29, 0.717) is 17.1 Å². The van der Waals surface area contributed by atoms with E-state index in [1.807, 2.05) is 31.2 Å². The number of benzene rings is 2. The Morgan fingerprint density at radius 3 is 2.40 bits per heavy atom. The van der Waals surface area contributed by atoms with Crippen LogP contribution in [0.4, 0.5) is 0 Å². The minimum atomic E-state index is -0.120. The molecule has 0 spiro atoms. The van der Waals surface area contributed by atoms with Gasteiger partial charge in [-0.15, -0.1) is 0 Å². The molecule has 2 rings (SSSR count). The van der Waals surface area contributed by atoms with Gasteiger partial charge in [0.1, 0.15) is 0 Å². The zero-order valence-corrected chi connectivity index (χ0v) is 11.9. The van der Waals surface area contributed by atoms with Gasteiger partial charge >= 0.3 is 0 Å². The van der Waals surface area contributed by atoms with E-state index in [0.717, 1.165) is 16.7 Å². The van der Waals surface area contributed by atoms with Crippen LogP contribution in [-0.2, 0) is 13.2 Å². The standard InChI is InChI=1S/C16H16ClNO2/c1-11-8-14(17)6-7-15(11)16(20)18-9-12-2-4-13(10-19)5-3-12/h2-8,19H,9-10H2,1H3,(H,18,20). The number of halogens is 1. The first kappa shape index (κ1) is 14.6. The Morgan fingerprint density at radius 2 is 1.80 bits per heavy atom. The first-order valence-electron chi connectivity index (χ1n) is 6.33. The largest absolute Gasteiger partial charge is 0.392 e. The van der Waals surface area contributed by atoms with Crippen molar-refractivity contribution < 1.29 is 9.90 Å². The third kappa shape index (κ3) is 3.59. The SMILES string of the molecule is Cc1cc(Cl)ccc1C(=O)NCc1ccc(CO)cc1. The van der Waals surface area contributed by atoms with E-state index in [1.54, 1.807) is 18.2 Å². The fourth-order valence-electron chi connectivity index (χ4n) is 1.92. The molecule has 3 nitrogen and oxygen atoms in total. The molecular formula is C16H16ClNO2. The Morgan fingerprint density at radius 1 is 1.15 bits per heavy atom. The van der Waals surface area contributed by atoms with Gasteiger partial charge in [0.05, 0.1) is 6.61 Å². The summed E-state index contributed by atoms with van der Waals surface area (Å²) < 4.78 is 0. The van der Waals surface area contributed by atoms with Gasteiger partial charge in [-0.3, -0.25) is 4.79 Å². The van der Waals surface area contributed by atoms with Gasteiger partial charge in [0.25, 0.3) is 5.91 Å². The molecule has 2 aromatic rings. The van der Waals surface area contributed by atoms with E-state index < -0.39 is 0 Å². The highest BCUT2D eigenvalue weighted by atomic mass is 35.5. The van der Waals surface area contributed by atoms with Crippen LogP contribution in [0.15, 0.2) is 42.5 Å². The van der Waals surface area contributed by atoms with Gasteiger partial charge in [-0.1, -0.05) is 35.9 Å². The summed E-state index contributed by atoms with van der Waals surface area (Å²) in [5.74, 6) is -0.120. The first-order chi connectivity index (χ1) is 9.60. The van der Waals surface area contributed by atoms with Crippen LogP contribution < -0.4 is 5.32 Å². The normalized spacial score (nSPS) is 10.3. The number of nitrogens with one attached hydrogen (secondary N) is 1. The summed E-state index contributed by atoms with van der Waals surface area (Å²) >= 11 is 5.87. The minimum Gasteiger partial charge on any atom is -0.392 e. The lowest BCUT2D eigenvalue weighted by Gasteiger charge is -2.08.